The Morgan fingerprint density at radius 2 is 2.09 bits per heavy atom. The summed E-state index contributed by atoms with van der Waals surface area (Å²) >= 11 is 0. The van der Waals surface area contributed by atoms with Crippen LogP contribution in [0.1, 0.15) is 48.5 Å². The highest BCUT2D eigenvalue weighted by Crippen LogP contribution is 2.18. The topological polar surface area (TPSA) is 58.4 Å². The number of hydrogen-bond donors (Lipinski definition) is 2. The van der Waals surface area contributed by atoms with Crippen LogP contribution in [-0.4, -0.2) is 36.5 Å². The highest BCUT2D eigenvalue weighted by atomic mass is 35.5. The Bertz CT molecular complexity index is 497. The molecule has 1 amide bonds. The quantitative estimate of drug-likeness (QED) is 0.789. The van der Waals surface area contributed by atoms with Crippen LogP contribution >= 0.6 is 24.8 Å². The van der Waals surface area contributed by atoms with Crippen molar-refractivity contribution in [2.24, 2.45) is 0 Å². The van der Waals surface area contributed by atoms with E-state index in [1.54, 1.807) is 6.07 Å². The molecule has 3 N–H and O–H groups in total. The fraction of sp³-hybridized carbons (Fsp3) is 0.588. The third-order valence-corrected chi connectivity index (χ3v) is 4.41. The molecule has 1 aliphatic heterocycles. The van der Waals surface area contributed by atoms with Crippen molar-refractivity contribution in [2.45, 2.75) is 45.6 Å². The molecule has 1 heterocycles. The molecular formula is C17H29Cl2N3O. The summed E-state index contributed by atoms with van der Waals surface area (Å²) < 4.78 is 0. The lowest BCUT2D eigenvalue weighted by Gasteiger charge is -2.35. The van der Waals surface area contributed by atoms with Crippen molar-refractivity contribution in [1.82, 2.24) is 10.2 Å². The van der Waals surface area contributed by atoms with Gasteiger partial charge in [-0.15, -0.1) is 24.8 Å². The van der Waals surface area contributed by atoms with Crippen LogP contribution < -0.4 is 11.1 Å². The molecule has 1 aromatic carbocycles. The van der Waals surface area contributed by atoms with E-state index in [-0.39, 0.29) is 30.7 Å². The zero-order chi connectivity index (χ0) is 15.2. The van der Waals surface area contributed by atoms with Crippen LogP contribution in [0.3, 0.4) is 0 Å². The van der Waals surface area contributed by atoms with E-state index in [4.69, 9.17) is 5.73 Å². The van der Waals surface area contributed by atoms with E-state index in [2.05, 4.69) is 17.1 Å². The van der Waals surface area contributed by atoms with Crippen LogP contribution in [0.25, 0.3) is 0 Å². The van der Waals surface area contributed by atoms with E-state index in [0.29, 0.717) is 23.8 Å². The predicted molar refractivity (Wildman–Crippen MR) is 102 cm³/mol. The van der Waals surface area contributed by atoms with Crippen LogP contribution in [0.5, 0.6) is 0 Å². The molecule has 0 saturated carbocycles. The number of hydrogen-bond acceptors (Lipinski definition) is 3. The minimum atomic E-state index is -0.0233. The third kappa shape index (κ3) is 6.21. The zero-order valence-electron chi connectivity index (χ0n) is 14.0. The Balaban J connectivity index is 0.00000242. The molecule has 132 valence electrons. The number of rotatable bonds is 5. The Morgan fingerprint density at radius 3 is 2.78 bits per heavy atom. The monoisotopic (exact) mass is 361 g/mol. The van der Waals surface area contributed by atoms with E-state index in [9.17, 15) is 4.79 Å². The van der Waals surface area contributed by atoms with Crippen molar-refractivity contribution >= 4 is 36.4 Å². The first-order valence-electron chi connectivity index (χ1n) is 8.00. The number of nitrogens with one attached hydrogen (secondary N) is 1. The van der Waals surface area contributed by atoms with Gasteiger partial charge in [-0.1, -0.05) is 19.4 Å². The number of nitrogens with zero attached hydrogens (tertiary/aromatic N) is 1. The van der Waals surface area contributed by atoms with Gasteiger partial charge in [-0.25, -0.2) is 0 Å². The Morgan fingerprint density at radius 1 is 1.35 bits per heavy atom. The lowest BCUT2D eigenvalue weighted by molar-refractivity contribution is 0.0933. The molecule has 0 aromatic heterocycles. The smallest absolute Gasteiger partial charge is 0.251 e. The first-order chi connectivity index (χ1) is 10.1. The maximum Gasteiger partial charge on any atom is 0.251 e. The largest absolute Gasteiger partial charge is 0.399 e. The molecule has 0 bridgehead atoms. The van der Waals surface area contributed by atoms with Crippen molar-refractivity contribution in [2.75, 3.05) is 25.4 Å². The number of piperidine rings is 1. The maximum absolute atomic E-state index is 12.2. The van der Waals surface area contributed by atoms with E-state index in [0.717, 1.165) is 18.7 Å². The van der Waals surface area contributed by atoms with E-state index < -0.39 is 0 Å². The van der Waals surface area contributed by atoms with Crippen molar-refractivity contribution in [1.29, 1.82) is 0 Å². The third-order valence-electron chi connectivity index (χ3n) is 4.41. The molecule has 0 radical (unpaired) electrons. The van der Waals surface area contributed by atoms with Gasteiger partial charge in [0.2, 0.25) is 0 Å². The fourth-order valence-electron chi connectivity index (χ4n) is 3.11. The molecule has 6 heteroatoms. The number of aryl methyl sites for hydroxylation is 1. The molecule has 1 saturated heterocycles. The second-order valence-electron chi connectivity index (χ2n) is 5.92. The summed E-state index contributed by atoms with van der Waals surface area (Å²) in [6.07, 6.45) is 5.10. The molecule has 4 nitrogen and oxygen atoms in total. The number of benzene rings is 1. The van der Waals surface area contributed by atoms with Crippen molar-refractivity contribution in [3.05, 3.63) is 29.3 Å². The second-order valence-corrected chi connectivity index (χ2v) is 5.92. The average Bonchev–Trinajstić information content (AvgIpc) is 2.50. The highest BCUT2D eigenvalue weighted by molar-refractivity contribution is 5.96. The molecule has 1 aromatic rings. The Kier molecular flexibility index (Phi) is 10.3. The molecule has 2 rings (SSSR count). The van der Waals surface area contributed by atoms with Crippen LogP contribution in [0, 0.1) is 6.92 Å². The summed E-state index contributed by atoms with van der Waals surface area (Å²) in [4.78, 5) is 14.7. The summed E-state index contributed by atoms with van der Waals surface area (Å²) in [5.74, 6) is -0.0233. The predicted octanol–water partition coefficient (Wildman–Crippen LogP) is 3.42. The molecule has 1 aliphatic rings. The summed E-state index contributed by atoms with van der Waals surface area (Å²) in [5.41, 5.74) is 8.04. The normalized spacial score (nSPS) is 17.7. The van der Waals surface area contributed by atoms with Crippen LogP contribution in [-0.2, 0) is 0 Å². The van der Waals surface area contributed by atoms with Crippen molar-refractivity contribution < 1.29 is 4.79 Å². The molecule has 1 atom stereocenters. The molecular weight excluding hydrogens is 333 g/mol. The number of carbonyl (C=O) groups excluding carboxylic acids is 1. The van der Waals surface area contributed by atoms with Gasteiger partial charge in [-0.2, -0.15) is 0 Å². The SMILES string of the molecule is CCC1CCCCN1CCNC(=O)c1cc(N)ccc1C.Cl.Cl. The molecule has 0 aliphatic carbocycles. The maximum atomic E-state index is 12.2. The summed E-state index contributed by atoms with van der Waals surface area (Å²) in [6, 6.07) is 6.15. The zero-order valence-corrected chi connectivity index (χ0v) is 15.6. The minimum Gasteiger partial charge on any atom is -0.399 e. The van der Waals surface area contributed by atoms with Gasteiger partial charge in [0, 0.05) is 30.4 Å². The van der Waals surface area contributed by atoms with Gasteiger partial charge in [-0.05, 0) is 50.4 Å². The molecule has 23 heavy (non-hydrogen) atoms. The van der Waals surface area contributed by atoms with Gasteiger partial charge in [0.25, 0.3) is 5.91 Å². The van der Waals surface area contributed by atoms with E-state index in [1.807, 2.05) is 19.1 Å². The number of likely N-dealkylation sites (tertiary alicyclic amines) is 1. The van der Waals surface area contributed by atoms with Gasteiger partial charge >= 0.3 is 0 Å². The highest BCUT2D eigenvalue weighted by Gasteiger charge is 2.20. The summed E-state index contributed by atoms with van der Waals surface area (Å²) in [5, 5.41) is 3.02. The Hall–Kier alpha value is -0.970. The van der Waals surface area contributed by atoms with Gasteiger partial charge in [0.1, 0.15) is 0 Å². The number of halogens is 2. The van der Waals surface area contributed by atoms with Crippen LogP contribution in [0.4, 0.5) is 5.69 Å². The van der Waals surface area contributed by atoms with Gasteiger partial charge in [-0.3, -0.25) is 9.69 Å². The Labute approximate surface area is 152 Å². The number of amides is 1. The van der Waals surface area contributed by atoms with Crippen LogP contribution in [0.2, 0.25) is 0 Å². The number of carbonyl (C=O) groups is 1. The summed E-state index contributed by atoms with van der Waals surface area (Å²) in [6.45, 7) is 6.98. The number of nitrogens with two attached hydrogens (primary N) is 1. The fourth-order valence-corrected chi connectivity index (χ4v) is 3.11. The second kappa shape index (κ2) is 10.7. The van der Waals surface area contributed by atoms with Gasteiger partial charge < -0.3 is 11.1 Å². The first-order valence-corrected chi connectivity index (χ1v) is 8.00. The van der Waals surface area contributed by atoms with E-state index in [1.165, 1.54) is 25.7 Å². The lowest BCUT2D eigenvalue weighted by Crippen LogP contribution is -2.43. The van der Waals surface area contributed by atoms with Crippen molar-refractivity contribution in [3.8, 4) is 0 Å². The number of anilines is 1. The van der Waals surface area contributed by atoms with Gasteiger partial charge in [0.15, 0.2) is 0 Å². The molecule has 1 unspecified atom stereocenters. The van der Waals surface area contributed by atoms with E-state index >= 15 is 0 Å². The first kappa shape index (κ1) is 22.0. The number of nitrogen functional groups attached to an aromatic ring is 1. The van der Waals surface area contributed by atoms with Crippen molar-refractivity contribution in [3.63, 3.8) is 0 Å². The molecule has 0 spiro atoms. The molecule has 1 fully saturated rings. The van der Waals surface area contributed by atoms with Gasteiger partial charge in [0.05, 0.1) is 0 Å². The standard InChI is InChI=1S/C17H27N3O.2ClH/c1-3-15-6-4-5-10-20(15)11-9-19-17(21)16-12-14(18)8-7-13(16)2;;/h7-8,12,15H,3-6,9-11,18H2,1-2H3,(H,19,21);2*1H. The lowest BCUT2D eigenvalue weighted by atomic mass is 10.0. The average molecular weight is 362 g/mol. The minimum absolute atomic E-state index is 0. The van der Waals surface area contributed by atoms with Crippen LogP contribution in [0.15, 0.2) is 18.2 Å². The summed E-state index contributed by atoms with van der Waals surface area (Å²) in [7, 11) is 0.